The first-order valence-electron chi connectivity index (χ1n) is 11.8. The molecule has 0 saturated carbocycles. The van der Waals surface area contributed by atoms with E-state index in [4.69, 9.17) is 0 Å². The summed E-state index contributed by atoms with van der Waals surface area (Å²) in [6, 6.07) is 19.0. The van der Waals surface area contributed by atoms with Crippen LogP contribution in [0.2, 0.25) is 0 Å². The first-order chi connectivity index (χ1) is 15.7. The van der Waals surface area contributed by atoms with Gasteiger partial charge in [-0.05, 0) is 55.0 Å². The van der Waals surface area contributed by atoms with Crippen molar-refractivity contribution in [2.24, 2.45) is 10.9 Å². The average molecular weight is 434 g/mol. The normalized spacial score (nSPS) is 19.5. The van der Waals surface area contributed by atoms with Crippen LogP contribution in [0.3, 0.4) is 0 Å². The smallest absolute Gasteiger partial charge is 0.227 e. The minimum absolute atomic E-state index is 0.228. The van der Waals surface area contributed by atoms with E-state index in [1.807, 2.05) is 24.1 Å². The molecule has 32 heavy (non-hydrogen) atoms. The number of carbonyl (C=O) groups excluding carboxylic acids is 1. The van der Waals surface area contributed by atoms with Crippen molar-refractivity contribution >= 4 is 17.6 Å². The minimum atomic E-state index is 0.228. The number of benzene rings is 2. The zero-order valence-electron chi connectivity index (χ0n) is 19.1. The van der Waals surface area contributed by atoms with Gasteiger partial charge in [0.2, 0.25) is 5.91 Å². The highest BCUT2D eigenvalue weighted by atomic mass is 16.2. The van der Waals surface area contributed by atoms with Crippen LogP contribution in [0, 0.1) is 5.92 Å². The number of carbonyl (C=O) groups is 1. The van der Waals surface area contributed by atoms with Crippen molar-refractivity contribution in [3.63, 3.8) is 0 Å². The second kappa shape index (κ2) is 11.1. The third kappa shape index (κ3) is 6.10. The molecule has 6 nitrogen and oxygen atoms in total. The van der Waals surface area contributed by atoms with Gasteiger partial charge in [-0.25, -0.2) is 0 Å². The Morgan fingerprint density at radius 2 is 1.84 bits per heavy atom. The Balaban J connectivity index is 1.16. The predicted octanol–water partition coefficient (Wildman–Crippen LogP) is 3.04. The standard InChI is InChI=1S/C26H35N5O/c1-27-26(28-18-22-9-11-24(12-10-22)31-15-5-8-25(31)32)29-19-23-14-17-30(20-23)16-13-21-6-3-2-4-7-21/h2-4,6-7,9-12,23H,5,8,13-20H2,1H3,(H2,27,28,29). The van der Waals surface area contributed by atoms with Crippen molar-refractivity contribution in [2.45, 2.75) is 32.2 Å². The lowest BCUT2D eigenvalue weighted by Gasteiger charge is -2.18. The Morgan fingerprint density at radius 3 is 2.56 bits per heavy atom. The molecule has 0 radical (unpaired) electrons. The Kier molecular flexibility index (Phi) is 7.77. The van der Waals surface area contributed by atoms with Crippen LogP contribution in [0.4, 0.5) is 5.69 Å². The Hall–Kier alpha value is -2.86. The summed E-state index contributed by atoms with van der Waals surface area (Å²) in [7, 11) is 1.82. The molecule has 0 aromatic heterocycles. The summed E-state index contributed by atoms with van der Waals surface area (Å²) in [5.41, 5.74) is 3.59. The monoisotopic (exact) mass is 433 g/mol. The number of hydrogen-bond acceptors (Lipinski definition) is 3. The van der Waals surface area contributed by atoms with E-state index >= 15 is 0 Å². The molecular formula is C26H35N5O. The SMILES string of the molecule is CN=C(NCc1ccc(N2CCCC2=O)cc1)NCC1CCN(CCc2ccccc2)C1. The number of likely N-dealkylation sites (tertiary alicyclic amines) is 1. The van der Waals surface area contributed by atoms with E-state index in [-0.39, 0.29) is 5.91 Å². The highest BCUT2D eigenvalue weighted by Crippen LogP contribution is 2.21. The number of rotatable bonds is 8. The quantitative estimate of drug-likeness (QED) is 0.496. The van der Waals surface area contributed by atoms with Crippen LogP contribution in [0.15, 0.2) is 59.6 Å². The summed E-state index contributed by atoms with van der Waals surface area (Å²) in [6.45, 7) is 5.94. The number of guanidine groups is 1. The molecular weight excluding hydrogens is 398 g/mol. The summed E-state index contributed by atoms with van der Waals surface area (Å²) in [5.74, 6) is 1.72. The van der Waals surface area contributed by atoms with Gasteiger partial charge in [-0.1, -0.05) is 42.5 Å². The molecule has 2 aliphatic heterocycles. The number of aliphatic imine (C=N–C) groups is 1. The fraction of sp³-hybridized carbons (Fsp3) is 0.462. The fourth-order valence-corrected chi connectivity index (χ4v) is 4.58. The summed E-state index contributed by atoms with van der Waals surface area (Å²) < 4.78 is 0. The molecule has 0 spiro atoms. The lowest BCUT2D eigenvalue weighted by atomic mass is 10.1. The Morgan fingerprint density at radius 1 is 1.03 bits per heavy atom. The lowest BCUT2D eigenvalue weighted by Crippen LogP contribution is -2.40. The van der Waals surface area contributed by atoms with E-state index in [0.717, 1.165) is 50.7 Å². The van der Waals surface area contributed by atoms with E-state index in [1.54, 1.807) is 0 Å². The van der Waals surface area contributed by atoms with Gasteiger partial charge in [0.05, 0.1) is 0 Å². The van der Waals surface area contributed by atoms with Gasteiger partial charge in [-0.3, -0.25) is 9.79 Å². The maximum Gasteiger partial charge on any atom is 0.227 e. The number of anilines is 1. The van der Waals surface area contributed by atoms with Crippen LogP contribution in [0.5, 0.6) is 0 Å². The second-order valence-electron chi connectivity index (χ2n) is 8.81. The zero-order valence-corrected chi connectivity index (χ0v) is 19.1. The van der Waals surface area contributed by atoms with E-state index in [9.17, 15) is 4.79 Å². The van der Waals surface area contributed by atoms with Crippen LogP contribution in [0.25, 0.3) is 0 Å². The van der Waals surface area contributed by atoms with Gasteiger partial charge in [0.15, 0.2) is 5.96 Å². The number of nitrogens with one attached hydrogen (secondary N) is 2. The van der Waals surface area contributed by atoms with Crippen LogP contribution < -0.4 is 15.5 Å². The van der Waals surface area contributed by atoms with Gasteiger partial charge in [0.1, 0.15) is 0 Å². The third-order valence-electron chi connectivity index (χ3n) is 6.49. The summed E-state index contributed by atoms with van der Waals surface area (Å²) >= 11 is 0. The van der Waals surface area contributed by atoms with E-state index in [1.165, 1.54) is 24.1 Å². The maximum absolute atomic E-state index is 11.9. The first-order valence-corrected chi connectivity index (χ1v) is 11.8. The third-order valence-corrected chi connectivity index (χ3v) is 6.49. The average Bonchev–Trinajstić information content (AvgIpc) is 3.47. The van der Waals surface area contributed by atoms with Gasteiger partial charge in [0.25, 0.3) is 0 Å². The van der Waals surface area contributed by atoms with Crippen molar-refractivity contribution in [3.05, 3.63) is 65.7 Å². The number of hydrogen-bond donors (Lipinski definition) is 2. The highest BCUT2D eigenvalue weighted by Gasteiger charge is 2.23. The zero-order chi connectivity index (χ0) is 22.2. The molecule has 1 atom stereocenters. The van der Waals surface area contributed by atoms with Crippen LogP contribution in [-0.4, -0.2) is 56.5 Å². The molecule has 2 aromatic rings. The lowest BCUT2D eigenvalue weighted by molar-refractivity contribution is -0.117. The Labute approximate surface area is 191 Å². The highest BCUT2D eigenvalue weighted by molar-refractivity contribution is 5.95. The molecule has 2 saturated heterocycles. The fourth-order valence-electron chi connectivity index (χ4n) is 4.58. The number of nitrogens with zero attached hydrogens (tertiary/aromatic N) is 3. The van der Waals surface area contributed by atoms with E-state index in [2.05, 4.69) is 63.0 Å². The molecule has 2 heterocycles. The molecule has 2 aliphatic rings. The minimum Gasteiger partial charge on any atom is -0.356 e. The van der Waals surface area contributed by atoms with E-state index in [0.29, 0.717) is 18.9 Å². The van der Waals surface area contributed by atoms with E-state index < -0.39 is 0 Å². The van der Waals surface area contributed by atoms with Gasteiger partial charge >= 0.3 is 0 Å². The maximum atomic E-state index is 11.9. The molecule has 1 amide bonds. The van der Waals surface area contributed by atoms with Crippen LogP contribution >= 0.6 is 0 Å². The molecule has 4 rings (SSSR count). The van der Waals surface area contributed by atoms with Crippen molar-refractivity contribution in [1.82, 2.24) is 15.5 Å². The van der Waals surface area contributed by atoms with Crippen molar-refractivity contribution in [3.8, 4) is 0 Å². The van der Waals surface area contributed by atoms with Gasteiger partial charge in [-0.2, -0.15) is 0 Å². The summed E-state index contributed by atoms with van der Waals surface area (Å²) in [6.07, 6.45) is 3.97. The van der Waals surface area contributed by atoms with Crippen molar-refractivity contribution < 1.29 is 4.79 Å². The first kappa shape index (κ1) is 22.3. The van der Waals surface area contributed by atoms with Crippen molar-refractivity contribution in [1.29, 1.82) is 0 Å². The van der Waals surface area contributed by atoms with Crippen molar-refractivity contribution in [2.75, 3.05) is 44.7 Å². The Bertz CT molecular complexity index is 896. The molecule has 0 aliphatic carbocycles. The van der Waals surface area contributed by atoms with Gasteiger partial charge < -0.3 is 20.4 Å². The molecule has 1 unspecified atom stereocenters. The molecule has 170 valence electrons. The molecule has 0 bridgehead atoms. The number of amides is 1. The molecule has 2 aromatic carbocycles. The molecule has 6 heteroatoms. The van der Waals surface area contributed by atoms with Crippen LogP contribution in [0.1, 0.15) is 30.4 Å². The van der Waals surface area contributed by atoms with Gasteiger partial charge in [-0.15, -0.1) is 0 Å². The van der Waals surface area contributed by atoms with Gasteiger partial charge in [0, 0.05) is 51.9 Å². The summed E-state index contributed by atoms with van der Waals surface area (Å²) in [4.78, 5) is 20.7. The summed E-state index contributed by atoms with van der Waals surface area (Å²) in [5, 5.41) is 6.91. The molecule has 2 N–H and O–H groups in total. The predicted molar refractivity (Wildman–Crippen MR) is 131 cm³/mol. The topological polar surface area (TPSA) is 60.0 Å². The largest absolute Gasteiger partial charge is 0.356 e. The molecule has 2 fully saturated rings. The van der Waals surface area contributed by atoms with Crippen LogP contribution in [-0.2, 0) is 17.8 Å². The second-order valence-corrected chi connectivity index (χ2v) is 8.81.